The van der Waals surface area contributed by atoms with Crippen LogP contribution in [0.25, 0.3) is 0 Å². The maximum Gasteiger partial charge on any atom is 0.306 e. The Morgan fingerprint density at radius 3 is 2.48 bits per heavy atom. The monoisotopic (exact) mass is 382 g/mol. The number of hydrogen-bond donors (Lipinski definition) is 4. The minimum atomic E-state index is -0.783. The summed E-state index contributed by atoms with van der Waals surface area (Å²) in [5.74, 6) is -1.22. The molecular formula is C22H38O5. The number of aliphatic hydroxyl groups is 3. The van der Waals surface area contributed by atoms with Crippen molar-refractivity contribution in [2.24, 2.45) is 23.7 Å². The second-order valence-corrected chi connectivity index (χ2v) is 8.13. The Morgan fingerprint density at radius 1 is 1.15 bits per heavy atom. The highest BCUT2D eigenvalue weighted by Gasteiger charge is 2.39. The fraction of sp³-hybridized carbons (Fsp3) is 0.773. The predicted octanol–water partition coefficient (Wildman–Crippen LogP) is 3.53. The molecule has 0 aromatic carbocycles. The molecule has 0 amide bonds. The SMILES string of the molecule is CCCC[C@@H](C)[C@@H](O)/C=C/[C@@H]1[C@@H](C/C=C\CCC(C)C(=O)O)[C@@H](O)C[C@H]1O. The highest BCUT2D eigenvalue weighted by atomic mass is 16.4. The molecule has 156 valence electrons. The molecule has 27 heavy (non-hydrogen) atoms. The van der Waals surface area contributed by atoms with E-state index in [-0.39, 0.29) is 23.7 Å². The summed E-state index contributed by atoms with van der Waals surface area (Å²) >= 11 is 0. The molecule has 1 aliphatic rings. The quantitative estimate of drug-likeness (QED) is 0.387. The number of allylic oxidation sites excluding steroid dienone is 2. The van der Waals surface area contributed by atoms with Crippen molar-refractivity contribution in [3.8, 4) is 0 Å². The average Bonchev–Trinajstić information content (AvgIpc) is 2.89. The molecule has 1 rings (SSSR count). The van der Waals surface area contributed by atoms with Crippen LogP contribution >= 0.6 is 0 Å². The zero-order chi connectivity index (χ0) is 20.4. The molecule has 4 N–H and O–H groups in total. The average molecular weight is 383 g/mol. The zero-order valence-electron chi connectivity index (χ0n) is 17.0. The molecule has 5 heteroatoms. The van der Waals surface area contributed by atoms with Crippen LogP contribution in [0.3, 0.4) is 0 Å². The summed E-state index contributed by atoms with van der Waals surface area (Å²) in [6.07, 6.45) is 11.3. The van der Waals surface area contributed by atoms with Gasteiger partial charge in [-0.15, -0.1) is 0 Å². The summed E-state index contributed by atoms with van der Waals surface area (Å²) < 4.78 is 0. The Hall–Kier alpha value is -1.17. The highest BCUT2D eigenvalue weighted by Crippen LogP contribution is 2.36. The third kappa shape index (κ3) is 8.16. The molecule has 0 spiro atoms. The molecular weight excluding hydrogens is 344 g/mol. The van der Waals surface area contributed by atoms with Gasteiger partial charge in [0.1, 0.15) is 0 Å². The van der Waals surface area contributed by atoms with Crippen molar-refractivity contribution in [2.75, 3.05) is 0 Å². The molecule has 1 unspecified atom stereocenters. The fourth-order valence-electron chi connectivity index (χ4n) is 3.68. The van der Waals surface area contributed by atoms with Crippen molar-refractivity contribution in [3.63, 3.8) is 0 Å². The first-order valence-electron chi connectivity index (χ1n) is 10.4. The maximum atomic E-state index is 10.8. The number of carboxylic acids is 1. The van der Waals surface area contributed by atoms with Crippen LogP contribution in [-0.4, -0.2) is 44.7 Å². The van der Waals surface area contributed by atoms with Crippen LogP contribution in [-0.2, 0) is 4.79 Å². The molecule has 0 aromatic heterocycles. The van der Waals surface area contributed by atoms with Crippen LogP contribution in [0.5, 0.6) is 0 Å². The van der Waals surface area contributed by atoms with Gasteiger partial charge < -0.3 is 20.4 Å². The van der Waals surface area contributed by atoms with Gasteiger partial charge in [-0.25, -0.2) is 0 Å². The van der Waals surface area contributed by atoms with E-state index in [0.717, 1.165) is 19.3 Å². The smallest absolute Gasteiger partial charge is 0.306 e. The lowest BCUT2D eigenvalue weighted by atomic mass is 9.88. The normalized spacial score (nSPS) is 29.4. The topological polar surface area (TPSA) is 98.0 Å². The van der Waals surface area contributed by atoms with E-state index in [1.54, 1.807) is 13.0 Å². The van der Waals surface area contributed by atoms with Gasteiger partial charge in [-0.1, -0.05) is 57.9 Å². The van der Waals surface area contributed by atoms with E-state index in [2.05, 4.69) is 6.92 Å². The van der Waals surface area contributed by atoms with Gasteiger partial charge in [0.25, 0.3) is 0 Å². The number of rotatable bonds is 12. The lowest BCUT2D eigenvalue weighted by Gasteiger charge is -2.21. The Kier molecular flexibility index (Phi) is 10.9. The van der Waals surface area contributed by atoms with Crippen LogP contribution in [0.1, 0.15) is 65.7 Å². The summed E-state index contributed by atoms with van der Waals surface area (Å²) in [7, 11) is 0. The Morgan fingerprint density at radius 2 is 1.85 bits per heavy atom. The second-order valence-electron chi connectivity index (χ2n) is 8.13. The van der Waals surface area contributed by atoms with E-state index < -0.39 is 24.3 Å². The third-order valence-corrected chi connectivity index (χ3v) is 5.81. The lowest BCUT2D eigenvalue weighted by molar-refractivity contribution is -0.141. The molecule has 5 nitrogen and oxygen atoms in total. The van der Waals surface area contributed by atoms with Crippen LogP contribution in [0, 0.1) is 23.7 Å². The molecule has 0 heterocycles. The van der Waals surface area contributed by atoms with Crippen LogP contribution in [0.4, 0.5) is 0 Å². The zero-order valence-corrected chi connectivity index (χ0v) is 17.0. The van der Waals surface area contributed by atoms with Gasteiger partial charge in [0, 0.05) is 12.3 Å². The van der Waals surface area contributed by atoms with Crippen molar-refractivity contribution in [2.45, 2.75) is 84.0 Å². The van der Waals surface area contributed by atoms with Crippen LogP contribution < -0.4 is 0 Å². The summed E-state index contributed by atoms with van der Waals surface area (Å²) in [6, 6.07) is 0. The molecule has 0 radical (unpaired) electrons. The summed E-state index contributed by atoms with van der Waals surface area (Å²) in [4.78, 5) is 10.8. The van der Waals surface area contributed by atoms with Gasteiger partial charge in [-0.3, -0.25) is 4.79 Å². The number of hydrogen-bond acceptors (Lipinski definition) is 4. The predicted molar refractivity (Wildman–Crippen MR) is 107 cm³/mol. The number of carbonyl (C=O) groups is 1. The second kappa shape index (κ2) is 12.3. The number of aliphatic carboxylic acids is 1. The molecule has 1 saturated carbocycles. The van der Waals surface area contributed by atoms with Crippen molar-refractivity contribution in [3.05, 3.63) is 24.3 Å². The van der Waals surface area contributed by atoms with Crippen LogP contribution in [0.15, 0.2) is 24.3 Å². The first-order valence-corrected chi connectivity index (χ1v) is 10.4. The number of unbranched alkanes of at least 4 members (excludes halogenated alkanes) is 1. The van der Waals surface area contributed by atoms with E-state index in [0.29, 0.717) is 25.7 Å². The molecule has 0 saturated heterocycles. The standard InChI is InChI=1S/C22H38O5/c1-4-5-9-15(2)19(23)13-12-18-17(20(24)14-21(18)25)11-8-6-7-10-16(3)22(26)27/h6,8,12-13,15-21,23-25H,4-5,7,9-11,14H2,1-3H3,(H,26,27)/b8-6-,13-12+/t15-,16?,17-,18-,19+,20+,21-/m1/s1. The minimum absolute atomic E-state index is 0.0810. The highest BCUT2D eigenvalue weighted by molar-refractivity contribution is 5.69. The molecule has 0 bridgehead atoms. The molecule has 0 aromatic rings. The minimum Gasteiger partial charge on any atom is -0.481 e. The van der Waals surface area contributed by atoms with E-state index in [9.17, 15) is 20.1 Å². The van der Waals surface area contributed by atoms with E-state index in [4.69, 9.17) is 5.11 Å². The first-order chi connectivity index (χ1) is 12.8. The van der Waals surface area contributed by atoms with Gasteiger partial charge in [-0.05, 0) is 37.5 Å². The van der Waals surface area contributed by atoms with Gasteiger partial charge in [0.05, 0.1) is 24.2 Å². The summed E-state index contributed by atoms with van der Waals surface area (Å²) in [5, 5.41) is 39.7. The van der Waals surface area contributed by atoms with Crippen LogP contribution in [0.2, 0.25) is 0 Å². The summed E-state index contributed by atoms with van der Waals surface area (Å²) in [6.45, 7) is 5.86. The third-order valence-electron chi connectivity index (χ3n) is 5.81. The summed E-state index contributed by atoms with van der Waals surface area (Å²) in [5.41, 5.74) is 0. The van der Waals surface area contributed by atoms with Crippen molar-refractivity contribution in [1.82, 2.24) is 0 Å². The maximum absolute atomic E-state index is 10.8. The van der Waals surface area contributed by atoms with Crippen molar-refractivity contribution < 1.29 is 25.2 Å². The molecule has 0 aliphatic heterocycles. The van der Waals surface area contributed by atoms with E-state index in [1.165, 1.54) is 0 Å². The Bertz CT molecular complexity index is 487. The number of carboxylic acid groups (broad SMARTS) is 1. The van der Waals surface area contributed by atoms with Gasteiger partial charge >= 0.3 is 5.97 Å². The largest absolute Gasteiger partial charge is 0.481 e. The fourth-order valence-corrected chi connectivity index (χ4v) is 3.68. The first kappa shape index (κ1) is 23.9. The lowest BCUT2D eigenvalue weighted by Crippen LogP contribution is -2.21. The molecule has 7 atom stereocenters. The molecule has 1 fully saturated rings. The molecule has 1 aliphatic carbocycles. The van der Waals surface area contributed by atoms with Gasteiger partial charge in [0.15, 0.2) is 0 Å². The van der Waals surface area contributed by atoms with Crippen molar-refractivity contribution >= 4 is 5.97 Å². The van der Waals surface area contributed by atoms with E-state index >= 15 is 0 Å². The Balaban J connectivity index is 2.56. The van der Waals surface area contributed by atoms with Gasteiger partial charge in [-0.2, -0.15) is 0 Å². The van der Waals surface area contributed by atoms with Gasteiger partial charge in [0.2, 0.25) is 0 Å². The Labute approximate surface area is 163 Å². The number of aliphatic hydroxyl groups excluding tert-OH is 3. The van der Waals surface area contributed by atoms with E-state index in [1.807, 2.05) is 25.2 Å². The van der Waals surface area contributed by atoms with Crippen molar-refractivity contribution in [1.29, 1.82) is 0 Å².